The van der Waals surface area contributed by atoms with Crippen molar-refractivity contribution < 1.29 is 14.3 Å². The summed E-state index contributed by atoms with van der Waals surface area (Å²) in [5, 5.41) is 0. The van der Waals surface area contributed by atoms with E-state index in [0.717, 1.165) is 0 Å². The van der Waals surface area contributed by atoms with Gasteiger partial charge in [0, 0.05) is 7.05 Å². The average Bonchev–Trinajstić information content (AvgIpc) is 2.29. The number of carbonyl (C=O) groups excluding carboxylic acids is 1. The van der Waals surface area contributed by atoms with Crippen molar-refractivity contribution in [3.05, 3.63) is 18.3 Å². The molecule has 0 bridgehead atoms. The van der Waals surface area contributed by atoms with E-state index in [4.69, 9.17) is 9.47 Å². The van der Waals surface area contributed by atoms with Crippen molar-refractivity contribution in [3.63, 3.8) is 0 Å². The first kappa shape index (κ1) is 12.3. The third-order valence-corrected chi connectivity index (χ3v) is 2.02. The molecule has 1 heterocycles. The summed E-state index contributed by atoms with van der Waals surface area (Å²) in [6.45, 7) is 2.36. The Bertz CT molecular complexity index is 338. The first-order chi connectivity index (χ1) is 7.67. The fourth-order valence-corrected chi connectivity index (χ4v) is 1.20. The van der Waals surface area contributed by atoms with Crippen LogP contribution in [0.15, 0.2) is 18.3 Å². The summed E-state index contributed by atoms with van der Waals surface area (Å²) in [6.07, 6.45) is 1.61. The Hall–Kier alpha value is -1.78. The lowest BCUT2D eigenvalue weighted by atomic mass is 10.4. The lowest BCUT2D eigenvalue weighted by Gasteiger charge is -2.16. The number of hydrogen-bond acceptors (Lipinski definition) is 5. The summed E-state index contributed by atoms with van der Waals surface area (Å²) in [7, 11) is 3.37. The summed E-state index contributed by atoms with van der Waals surface area (Å²) in [6, 6.07) is 3.59. The van der Waals surface area contributed by atoms with Crippen molar-refractivity contribution in [1.29, 1.82) is 0 Å². The highest BCUT2D eigenvalue weighted by atomic mass is 16.5. The van der Waals surface area contributed by atoms with Crippen LogP contribution in [-0.2, 0) is 9.53 Å². The molecule has 0 aliphatic carbocycles. The van der Waals surface area contributed by atoms with Crippen molar-refractivity contribution in [2.24, 2.45) is 0 Å². The Balaban J connectivity index is 2.58. The van der Waals surface area contributed by atoms with E-state index in [9.17, 15) is 4.79 Å². The van der Waals surface area contributed by atoms with Crippen molar-refractivity contribution >= 4 is 11.8 Å². The van der Waals surface area contributed by atoms with Gasteiger partial charge in [0.15, 0.2) is 0 Å². The number of anilines is 1. The number of nitrogens with zero attached hydrogens (tertiary/aromatic N) is 2. The molecule has 16 heavy (non-hydrogen) atoms. The van der Waals surface area contributed by atoms with Crippen LogP contribution in [0.5, 0.6) is 5.75 Å². The lowest BCUT2D eigenvalue weighted by molar-refractivity contribution is -0.141. The minimum absolute atomic E-state index is 0.188. The molecule has 0 atom stereocenters. The van der Waals surface area contributed by atoms with Gasteiger partial charge in [-0.25, -0.2) is 4.98 Å². The number of likely N-dealkylation sites (N-methyl/N-ethyl adjacent to an activating group) is 1. The molecule has 1 rings (SSSR count). The Morgan fingerprint density at radius 3 is 2.75 bits per heavy atom. The van der Waals surface area contributed by atoms with E-state index in [2.05, 4.69) is 4.98 Å². The molecule has 0 spiro atoms. The van der Waals surface area contributed by atoms with Crippen molar-refractivity contribution in [3.8, 4) is 5.75 Å². The van der Waals surface area contributed by atoms with Crippen LogP contribution in [0.1, 0.15) is 6.92 Å². The molecule has 0 fully saturated rings. The molecule has 0 aliphatic heterocycles. The number of esters is 1. The molecule has 0 N–H and O–H groups in total. The minimum Gasteiger partial charge on any atom is -0.495 e. The summed E-state index contributed by atoms with van der Waals surface area (Å²) in [4.78, 5) is 17.1. The Morgan fingerprint density at radius 1 is 1.50 bits per heavy atom. The second kappa shape index (κ2) is 5.95. The number of rotatable bonds is 5. The van der Waals surface area contributed by atoms with Gasteiger partial charge < -0.3 is 14.4 Å². The molecule has 5 heteroatoms. The summed E-state index contributed by atoms with van der Waals surface area (Å²) < 4.78 is 9.84. The Kier molecular flexibility index (Phi) is 4.57. The number of pyridine rings is 1. The van der Waals surface area contributed by atoms with E-state index in [1.54, 1.807) is 44.3 Å². The SMILES string of the molecule is CCOC(=O)CN(C)c1ccc(OC)cn1. The van der Waals surface area contributed by atoms with E-state index in [1.807, 2.05) is 0 Å². The Morgan fingerprint density at radius 2 is 2.25 bits per heavy atom. The number of carbonyl (C=O) groups is 1. The second-order valence-corrected chi connectivity index (χ2v) is 3.22. The van der Waals surface area contributed by atoms with E-state index >= 15 is 0 Å². The molecular weight excluding hydrogens is 208 g/mol. The fourth-order valence-electron chi connectivity index (χ4n) is 1.20. The molecule has 1 aromatic heterocycles. The largest absolute Gasteiger partial charge is 0.495 e. The lowest BCUT2D eigenvalue weighted by Crippen LogP contribution is -2.27. The number of aromatic nitrogens is 1. The minimum atomic E-state index is -0.261. The van der Waals surface area contributed by atoms with Gasteiger partial charge >= 0.3 is 5.97 Å². The van der Waals surface area contributed by atoms with E-state index in [-0.39, 0.29) is 12.5 Å². The van der Waals surface area contributed by atoms with Crippen LogP contribution in [-0.4, -0.2) is 38.3 Å². The zero-order valence-corrected chi connectivity index (χ0v) is 9.77. The smallest absolute Gasteiger partial charge is 0.325 e. The molecule has 0 aliphatic rings. The quantitative estimate of drug-likeness (QED) is 0.701. The maximum Gasteiger partial charge on any atom is 0.325 e. The zero-order chi connectivity index (χ0) is 12.0. The summed E-state index contributed by atoms with van der Waals surface area (Å²) >= 11 is 0. The van der Waals surface area contributed by atoms with Gasteiger partial charge in [0.2, 0.25) is 0 Å². The molecular formula is C11H16N2O3. The predicted octanol–water partition coefficient (Wildman–Crippen LogP) is 1.09. The monoisotopic (exact) mass is 224 g/mol. The number of methoxy groups -OCH3 is 1. The van der Waals surface area contributed by atoms with Gasteiger partial charge in [-0.2, -0.15) is 0 Å². The van der Waals surface area contributed by atoms with Crippen LogP contribution >= 0.6 is 0 Å². The second-order valence-electron chi connectivity index (χ2n) is 3.22. The van der Waals surface area contributed by atoms with Crippen LogP contribution in [0.3, 0.4) is 0 Å². The van der Waals surface area contributed by atoms with Crippen molar-refractivity contribution in [1.82, 2.24) is 4.98 Å². The van der Waals surface area contributed by atoms with Crippen LogP contribution in [0.4, 0.5) is 5.82 Å². The van der Waals surface area contributed by atoms with E-state index in [1.165, 1.54) is 0 Å². The van der Waals surface area contributed by atoms with Gasteiger partial charge in [0.1, 0.15) is 18.1 Å². The molecule has 0 aromatic carbocycles. The topological polar surface area (TPSA) is 51.7 Å². The van der Waals surface area contributed by atoms with Gasteiger partial charge in [-0.05, 0) is 19.1 Å². The average molecular weight is 224 g/mol. The van der Waals surface area contributed by atoms with Gasteiger partial charge in [0.05, 0.1) is 19.9 Å². The molecule has 1 aromatic rings. The van der Waals surface area contributed by atoms with E-state index < -0.39 is 0 Å². The standard InChI is InChI=1S/C11H16N2O3/c1-4-16-11(14)8-13(2)10-6-5-9(15-3)7-12-10/h5-7H,4,8H2,1-3H3. The third-order valence-electron chi connectivity index (χ3n) is 2.02. The van der Waals surface area contributed by atoms with Gasteiger partial charge in [-0.15, -0.1) is 0 Å². The van der Waals surface area contributed by atoms with Crippen LogP contribution < -0.4 is 9.64 Å². The zero-order valence-electron chi connectivity index (χ0n) is 9.77. The maximum atomic E-state index is 11.2. The predicted molar refractivity (Wildman–Crippen MR) is 60.7 cm³/mol. The molecule has 0 radical (unpaired) electrons. The summed E-state index contributed by atoms with van der Waals surface area (Å²) in [5.74, 6) is 1.13. The van der Waals surface area contributed by atoms with Crippen molar-refractivity contribution in [2.45, 2.75) is 6.92 Å². The highest BCUT2D eigenvalue weighted by Gasteiger charge is 2.08. The van der Waals surface area contributed by atoms with Crippen LogP contribution in [0.25, 0.3) is 0 Å². The molecule has 0 saturated carbocycles. The first-order valence-corrected chi connectivity index (χ1v) is 5.04. The molecule has 5 nitrogen and oxygen atoms in total. The number of hydrogen-bond donors (Lipinski definition) is 0. The first-order valence-electron chi connectivity index (χ1n) is 5.04. The third kappa shape index (κ3) is 3.42. The highest BCUT2D eigenvalue weighted by molar-refractivity contribution is 5.75. The summed E-state index contributed by atoms with van der Waals surface area (Å²) in [5.41, 5.74) is 0. The van der Waals surface area contributed by atoms with Gasteiger partial charge in [0.25, 0.3) is 0 Å². The van der Waals surface area contributed by atoms with Crippen LogP contribution in [0, 0.1) is 0 Å². The van der Waals surface area contributed by atoms with Gasteiger partial charge in [-0.1, -0.05) is 0 Å². The van der Waals surface area contributed by atoms with E-state index in [0.29, 0.717) is 18.2 Å². The molecule has 0 amide bonds. The fraction of sp³-hybridized carbons (Fsp3) is 0.455. The highest BCUT2D eigenvalue weighted by Crippen LogP contribution is 2.13. The Labute approximate surface area is 95.0 Å². The number of ether oxygens (including phenoxy) is 2. The maximum absolute atomic E-state index is 11.2. The van der Waals surface area contributed by atoms with Crippen LogP contribution in [0.2, 0.25) is 0 Å². The molecule has 0 unspecified atom stereocenters. The molecule has 88 valence electrons. The van der Waals surface area contributed by atoms with Crippen molar-refractivity contribution in [2.75, 3.05) is 32.2 Å². The molecule has 0 saturated heterocycles. The van der Waals surface area contributed by atoms with Gasteiger partial charge in [-0.3, -0.25) is 4.79 Å². The normalized spacial score (nSPS) is 9.69.